The van der Waals surface area contributed by atoms with E-state index in [1.165, 1.54) is 7.05 Å². The minimum Gasteiger partial charge on any atom is -0.397 e. The molecule has 18 heavy (non-hydrogen) atoms. The zero-order valence-electron chi connectivity index (χ0n) is 10.8. The Balaban J connectivity index is 3.30. The molecule has 0 atom stereocenters. The molecule has 0 bridgehead atoms. The molecule has 0 saturated heterocycles. The SMILES string of the molecule is Cc1ccc(C)c(S(=O)(=O)N(C)CCC#N)c1N. The number of hydrogen-bond donors (Lipinski definition) is 1. The van der Waals surface area contributed by atoms with Gasteiger partial charge in [0.1, 0.15) is 4.90 Å². The topological polar surface area (TPSA) is 87.2 Å². The Morgan fingerprint density at radius 1 is 1.33 bits per heavy atom. The second-order valence-corrected chi connectivity index (χ2v) is 6.16. The molecular weight excluding hydrogens is 250 g/mol. The molecule has 6 heteroatoms. The van der Waals surface area contributed by atoms with Crippen LogP contribution in [0, 0.1) is 25.2 Å². The molecule has 0 unspecified atom stereocenters. The summed E-state index contributed by atoms with van der Waals surface area (Å²) in [6.45, 7) is 3.63. The first-order chi connectivity index (χ1) is 8.32. The summed E-state index contributed by atoms with van der Waals surface area (Å²) in [5.74, 6) is 0. The molecule has 0 amide bonds. The molecule has 0 aliphatic heterocycles. The summed E-state index contributed by atoms with van der Waals surface area (Å²) in [5.41, 5.74) is 7.48. The first kappa shape index (κ1) is 14.5. The summed E-state index contributed by atoms with van der Waals surface area (Å²) in [4.78, 5) is 0.142. The van der Waals surface area contributed by atoms with E-state index in [9.17, 15) is 8.42 Å². The van der Waals surface area contributed by atoms with Gasteiger partial charge in [-0.3, -0.25) is 0 Å². The van der Waals surface area contributed by atoms with Crippen molar-refractivity contribution >= 4 is 15.7 Å². The van der Waals surface area contributed by atoms with Crippen molar-refractivity contribution in [1.29, 1.82) is 5.26 Å². The van der Waals surface area contributed by atoms with Gasteiger partial charge >= 0.3 is 0 Å². The Morgan fingerprint density at radius 3 is 2.44 bits per heavy atom. The molecule has 98 valence electrons. The summed E-state index contributed by atoms with van der Waals surface area (Å²) < 4.78 is 25.9. The summed E-state index contributed by atoms with van der Waals surface area (Å²) in [6, 6.07) is 5.45. The number of hydrogen-bond acceptors (Lipinski definition) is 4. The fraction of sp³-hybridized carbons (Fsp3) is 0.417. The average Bonchev–Trinajstić information content (AvgIpc) is 2.31. The van der Waals surface area contributed by atoms with Crippen molar-refractivity contribution in [1.82, 2.24) is 4.31 Å². The maximum atomic E-state index is 12.4. The first-order valence-electron chi connectivity index (χ1n) is 5.51. The number of anilines is 1. The number of nitrogens with zero attached hydrogens (tertiary/aromatic N) is 2. The lowest BCUT2D eigenvalue weighted by atomic mass is 10.1. The highest BCUT2D eigenvalue weighted by Crippen LogP contribution is 2.28. The van der Waals surface area contributed by atoms with Crippen LogP contribution >= 0.6 is 0 Å². The number of nitriles is 1. The molecule has 0 heterocycles. The molecule has 0 saturated carbocycles. The Kier molecular flexibility index (Phi) is 4.33. The third-order valence-electron chi connectivity index (χ3n) is 2.82. The Labute approximate surface area is 108 Å². The third kappa shape index (κ3) is 2.63. The molecule has 0 spiro atoms. The van der Waals surface area contributed by atoms with Gasteiger partial charge in [0.05, 0.1) is 11.8 Å². The molecule has 0 aromatic heterocycles. The van der Waals surface area contributed by atoms with E-state index < -0.39 is 10.0 Å². The average molecular weight is 267 g/mol. The zero-order valence-corrected chi connectivity index (χ0v) is 11.6. The number of rotatable bonds is 4. The number of sulfonamides is 1. The van der Waals surface area contributed by atoms with Crippen LogP contribution < -0.4 is 5.73 Å². The van der Waals surface area contributed by atoms with Gasteiger partial charge in [0, 0.05) is 20.0 Å². The Bertz CT molecular complexity index is 588. The number of benzene rings is 1. The van der Waals surface area contributed by atoms with Crippen molar-refractivity contribution in [2.24, 2.45) is 0 Å². The van der Waals surface area contributed by atoms with Crippen LogP contribution in [0.2, 0.25) is 0 Å². The van der Waals surface area contributed by atoms with Crippen LogP contribution in [0.5, 0.6) is 0 Å². The second kappa shape index (κ2) is 5.38. The van der Waals surface area contributed by atoms with Gasteiger partial charge in [-0.2, -0.15) is 9.57 Å². The van der Waals surface area contributed by atoms with E-state index >= 15 is 0 Å². The largest absolute Gasteiger partial charge is 0.397 e. The highest BCUT2D eigenvalue weighted by atomic mass is 32.2. The standard InChI is InChI=1S/C12H17N3O2S/c1-9-5-6-10(2)12(11(9)14)18(16,17)15(3)8-4-7-13/h5-6H,4,8,14H2,1-3H3. The lowest BCUT2D eigenvalue weighted by Gasteiger charge is -2.19. The predicted molar refractivity (Wildman–Crippen MR) is 70.4 cm³/mol. The zero-order chi connectivity index (χ0) is 13.9. The predicted octanol–water partition coefficient (Wildman–Crippen LogP) is 1.42. The third-order valence-corrected chi connectivity index (χ3v) is 4.88. The van der Waals surface area contributed by atoms with E-state index in [1.807, 2.05) is 6.07 Å². The van der Waals surface area contributed by atoms with Crippen LogP contribution in [0.15, 0.2) is 17.0 Å². The van der Waals surface area contributed by atoms with E-state index in [0.29, 0.717) is 5.56 Å². The molecule has 0 aliphatic carbocycles. The first-order valence-corrected chi connectivity index (χ1v) is 6.95. The van der Waals surface area contributed by atoms with E-state index in [1.54, 1.807) is 26.0 Å². The van der Waals surface area contributed by atoms with Crippen molar-refractivity contribution < 1.29 is 8.42 Å². The van der Waals surface area contributed by atoms with Crippen molar-refractivity contribution in [2.45, 2.75) is 25.2 Å². The summed E-state index contributed by atoms with van der Waals surface area (Å²) in [6.07, 6.45) is 0.153. The van der Waals surface area contributed by atoms with E-state index in [4.69, 9.17) is 11.0 Å². The Morgan fingerprint density at radius 2 is 1.89 bits per heavy atom. The van der Waals surface area contributed by atoms with Crippen LogP contribution in [0.25, 0.3) is 0 Å². The smallest absolute Gasteiger partial charge is 0.245 e. The minimum atomic E-state index is -3.64. The second-order valence-electron chi connectivity index (χ2n) is 4.18. The van der Waals surface area contributed by atoms with E-state index in [0.717, 1.165) is 9.87 Å². The van der Waals surface area contributed by atoms with Crippen molar-refractivity contribution in [3.05, 3.63) is 23.3 Å². The quantitative estimate of drug-likeness (QED) is 0.836. The maximum absolute atomic E-state index is 12.4. The Hall–Kier alpha value is -1.58. The highest BCUT2D eigenvalue weighted by molar-refractivity contribution is 7.89. The fourth-order valence-electron chi connectivity index (χ4n) is 1.63. The molecule has 1 aromatic rings. The van der Waals surface area contributed by atoms with Crippen LogP contribution in [0.1, 0.15) is 17.5 Å². The fourth-order valence-corrected chi connectivity index (χ4v) is 3.19. The lowest BCUT2D eigenvalue weighted by Crippen LogP contribution is -2.29. The van der Waals surface area contributed by atoms with Gasteiger partial charge in [0.2, 0.25) is 10.0 Å². The monoisotopic (exact) mass is 267 g/mol. The molecular formula is C12H17N3O2S. The van der Waals surface area contributed by atoms with Crippen molar-refractivity contribution in [3.8, 4) is 6.07 Å². The van der Waals surface area contributed by atoms with Gasteiger partial charge in [-0.15, -0.1) is 0 Å². The van der Waals surface area contributed by atoms with Crippen LogP contribution in [0.3, 0.4) is 0 Å². The molecule has 0 radical (unpaired) electrons. The molecule has 2 N–H and O–H groups in total. The van der Waals surface area contributed by atoms with Gasteiger partial charge in [0.25, 0.3) is 0 Å². The highest BCUT2D eigenvalue weighted by Gasteiger charge is 2.25. The van der Waals surface area contributed by atoms with E-state index in [-0.39, 0.29) is 23.5 Å². The molecule has 0 aliphatic rings. The summed E-state index contributed by atoms with van der Waals surface area (Å²) in [7, 11) is -2.19. The number of aryl methyl sites for hydroxylation is 2. The van der Waals surface area contributed by atoms with Crippen LogP contribution in [-0.4, -0.2) is 26.3 Å². The van der Waals surface area contributed by atoms with Crippen LogP contribution in [-0.2, 0) is 10.0 Å². The van der Waals surface area contributed by atoms with E-state index in [2.05, 4.69) is 0 Å². The summed E-state index contributed by atoms with van der Waals surface area (Å²) >= 11 is 0. The molecule has 1 rings (SSSR count). The molecule has 0 fully saturated rings. The number of nitrogen functional groups attached to an aromatic ring is 1. The van der Waals surface area contributed by atoms with Gasteiger partial charge in [-0.1, -0.05) is 12.1 Å². The number of nitrogens with two attached hydrogens (primary N) is 1. The minimum absolute atomic E-state index is 0.142. The van der Waals surface area contributed by atoms with Gasteiger partial charge in [-0.05, 0) is 25.0 Å². The molecule has 5 nitrogen and oxygen atoms in total. The van der Waals surface area contributed by atoms with Crippen molar-refractivity contribution in [2.75, 3.05) is 19.3 Å². The van der Waals surface area contributed by atoms with Gasteiger partial charge in [0.15, 0.2) is 0 Å². The maximum Gasteiger partial charge on any atom is 0.245 e. The van der Waals surface area contributed by atoms with Crippen LogP contribution in [0.4, 0.5) is 5.69 Å². The van der Waals surface area contributed by atoms with Gasteiger partial charge in [-0.25, -0.2) is 8.42 Å². The summed E-state index contributed by atoms with van der Waals surface area (Å²) in [5, 5.41) is 8.51. The normalized spacial score (nSPS) is 11.5. The molecule has 1 aromatic carbocycles. The lowest BCUT2D eigenvalue weighted by molar-refractivity contribution is 0.476. The van der Waals surface area contributed by atoms with Gasteiger partial charge < -0.3 is 5.73 Å². The van der Waals surface area contributed by atoms with Crippen molar-refractivity contribution in [3.63, 3.8) is 0 Å².